The Morgan fingerprint density at radius 3 is 2.89 bits per heavy atom. The molecule has 3 atom stereocenters. The Morgan fingerprint density at radius 2 is 2.16 bits per heavy atom. The molecule has 2 bridgehead atoms. The molecule has 0 unspecified atom stereocenters. The Kier molecular flexibility index (Phi) is 2.37. The lowest BCUT2D eigenvalue weighted by atomic mass is 9.88. The minimum Gasteiger partial charge on any atom is -0.324 e. The van der Waals surface area contributed by atoms with Crippen molar-refractivity contribution in [3.63, 3.8) is 0 Å². The van der Waals surface area contributed by atoms with Gasteiger partial charge in [0.15, 0.2) is 0 Å². The zero-order valence-electron chi connectivity index (χ0n) is 10.7. The third-order valence-electron chi connectivity index (χ3n) is 4.71. The number of para-hydroxylation sites is 2. The molecule has 2 aliphatic carbocycles. The molecule has 19 heavy (non-hydrogen) atoms. The minimum absolute atomic E-state index is 0.145. The summed E-state index contributed by atoms with van der Waals surface area (Å²) in [6.45, 7) is 0. The van der Waals surface area contributed by atoms with Gasteiger partial charge in [-0.15, -0.1) is 0 Å². The number of hydrogen-bond donors (Lipinski definition) is 2. The lowest BCUT2D eigenvalue weighted by molar-refractivity contribution is -0.121. The maximum absolute atomic E-state index is 12.3. The Balaban J connectivity index is 1.53. The van der Waals surface area contributed by atoms with E-state index < -0.39 is 0 Å². The third-order valence-corrected chi connectivity index (χ3v) is 4.71. The third kappa shape index (κ3) is 1.82. The molecule has 2 N–H and O–H groups in total. The van der Waals surface area contributed by atoms with Crippen molar-refractivity contribution in [2.45, 2.75) is 25.7 Å². The quantitative estimate of drug-likeness (QED) is 0.866. The van der Waals surface area contributed by atoms with Crippen LogP contribution in [0.15, 0.2) is 24.3 Å². The van der Waals surface area contributed by atoms with Crippen LogP contribution in [0.3, 0.4) is 0 Å². The average Bonchev–Trinajstić information content (AvgIpc) is 3.12. The first-order chi connectivity index (χ1) is 9.29. The Hall–Kier alpha value is -1.84. The Bertz CT molecular complexity index is 600. The number of aromatic amines is 1. The number of carbonyl (C=O) groups is 1. The highest BCUT2D eigenvalue weighted by Gasteiger charge is 2.43. The van der Waals surface area contributed by atoms with Gasteiger partial charge in [0.2, 0.25) is 11.9 Å². The van der Waals surface area contributed by atoms with Crippen LogP contribution in [-0.4, -0.2) is 15.9 Å². The molecule has 2 aliphatic rings. The molecule has 0 radical (unpaired) electrons. The van der Waals surface area contributed by atoms with Gasteiger partial charge < -0.3 is 4.98 Å². The van der Waals surface area contributed by atoms with E-state index in [1.165, 1.54) is 19.3 Å². The molecule has 98 valence electrons. The number of anilines is 1. The number of benzene rings is 1. The minimum atomic E-state index is 0.145. The van der Waals surface area contributed by atoms with Crippen molar-refractivity contribution in [1.82, 2.24) is 9.97 Å². The summed E-state index contributed by atoms with van der Waals surface area (Å²) < 4.78 is 0. The van der Waals surface area contributed by atoms with Crippen LogP contribution < -0.4 is 5.32 Å². The lowest BCUT2D eigenvalue weighted by Crippen LogP contribution is -2.27. The standard InChI is InChI=1S/C15H17N3O/c19-14(11-8-9-5-6-10(11)7-9)18-15-16-12-3-1-2-4-13(12)17-15/h1-4,9-11H,5-8H2,(H2,16,17,18,19)/t9-,10-,11-/m0/s1. The van der Waals surface area contributed by atoms with Gasteiger partial charge in [-0.3, -0.25) is 10.1 Å². The van der Waals surface area contributed by atoms with Crippen molar-refractivity contribution >= 4 is 22.9 Å². The maximum atomic E-state index is 12.3. The van der Waals surface area contributed by atoms with E-state index in [4.69, 9.17) is 0 Å². The fraction of sp³-hybridized carbons (Fsp3) is 0.467. The van der Waals surface area contributed by atoms with Gasteiger partial charge in [0.25, 0.3) is 0 Å². The Labute approximate surface area is 111 Å². The van der Waals surface area contributed by atoms with E-state index >= 15 is 0 Å². The summed E-state index contributed by atoms with van der Waals surface area (Å²) in [6, 6.07) is 7.82. The highest BCUT2D eigenvalue weighted by Crippen LogP contribution is 2.48. The van der Waals surface area contributed by atoms with Gasteiger partial charge >= 0.3 is 0 Å². The van der Waals surface area contributed by atoms with Gasteiger partial charge in [0.05, 0.1) is 11.0 Å². The van der Waals surface area contributed by atoms with Crippen LogP contribution in [0, 0.1) is 17.8 Å². The molecule has 0 aliphatic heterocycles. The number of fused-ring (bicyclic) bond motifs is 3. The summed E-state index contributed by atoms with van der Waals surface area (Å²) in [7, 11) is 0. The fourth-order valence-electron chi connectivity index (χ4n) is 3.79. The zero-order valence-corrected chi connectivity index (χ0v) is 10.7. The average molecular weight is 255 g/mol. The molecule has 4 rings (SSSR count). The first-order valence-corrected chi connectivity index (χ1v) is 7.05. The van der Waals surface area contributed by atoms with E-state index in [-0.39, 0.29) is 11.8 Å². The largest absolute Gasteiger partial charge is 0.324 e. The van der Waals surface area contributed by atoms with Crippen molar-refractivity contribution in [1.29, 1.82) is 0 Å². The van der Waals surface area contributed by atoms with Crippen LogP contribution in [0.25, 0.3) is 11.0 Å². The summed E-state index contributed by atoms with van der Waals surface area (Å²) in [4.78, 5) is 19.9. The van der Waals surface area contributed by atoms with Crippen molar-refractivity contribution in [2.24, 2.45) is 17.8 Å². The number of H-pyrrole nitrogens is 1. The summed E-state index contributed by atoms with van der Waals surface area (Å²) in [5.41, 5.74) is 1.86. The maximum Gasteiger partial charge on any atom is 0.230 e. The normalized spacial score (nSPS) is 28.9. The second-order valence-electron chi connectivity index (χ2n) is 5.87. The molecule has 2 saturated carbocycles. The van der Waals surface area contributed by atoms with Gasteiger partial charge in [0, 0.05) is 5.92 Å². The van der Waals surface area contributed by atoms with E-state index in [0.29, 0.717) is 11.9 Å². The van der Waals surface area contributed by atoms with E-state index in [2.05, 4.69) is 15.3 Å². The number of hydrogen-bond acceptors (Lipinski definition) is 2. The zero-order chi connectivity index (χ0) is 12.8. The topological polar surface area (TPSA) is 57.8 Å². The molecular weight excluding hydrogens is 238 g/mol. The van der Waals surface area contributed by atoms with Crippen LogP contribution in [0.1, 0.15) is 25.7 Å². The van der Waals surface area contributed by atoms with Crippen molar-refractivity contribution < 1.29 is 4.79 Å². The molecule has 2 fully saturated rings. The van der Waals surface area contributed by atoms with E-state index in [9.17, 15) is 4.79 Å². The van der Waals surface area contributed by atoms with Gasteiger partial charge in [-0.25, -0.2) is 4.98 Å². The van der Waals surface area contributed by atoms with Crippen LogP contribution in [-0.2, 0) is 4.79 Å². The highest BCUT2D eigenvalue weighted by atomic mass is 16.2. The van der Waals surface area contributed by atoms with Crippen LogP contribution >= 0.6 is 0 Å². The van der Waals surface area contributed by atoms with Crippen LogP contribution in [0.4, 0.5) is 5.95 Å². The monoisotopic (exact) mass is 255 g/mol. The molecule has 1 heterocycles. The lowest BCUT2D eigenvalue weighted by Gasteiger charge is -2.19. The molecule has 4 nitrogen and oxygen atoms in total. The molecule has 1 aromatic heterocycles. The molecule has 4 heteroatoms. The van der Waals surface area contributed by atoms with Crippen LogP contribution in [0.2, 0.25) is 0 Å². The fourth-order valence-corrected chi connectivity index (χ4v) is 3.79. The van der Waals surface area contributed by atoms with Crippen molar-refractivity contribution in [3.05, 3.63) is 24.3 Å². The number of imidazole rings is 1. The second-order valence-corrected chi connectivity index (χ2v) is 5.87. The number of rotatable bonds is 2. The van der Waals surface area contributed by atoms with Gasteiger partial charge in [-0.2, -0.15) is 0 Å². The second kappa shape index (κ2) is 4.08. The number of carbonyl (C=O) groups excluding carboxylic acids is 1. The first kappa shape index (κ1) is 11.0. The molecule has 1 amide bonds. The van der Waals surface area contributed by atoms with Crippen LogP contribution in [0.5, 0.6) is 0 Å². The van der Waals surface area contributed by atoms with Gasteiger partial charge in [-0.05, 0) is 43.2 Å². The van der Waals surface area contributed by atoms with Gasteiger partial charge in [0.1, 0.15) is 0 Å². The van der Waals surface area contributed by atoms with E-state index in [0.717, 1.165) is 23.4 Å². The number of amides is 1. The van der Waals surface area contributed by atoms with Gasteiger partial charge in [-0.1, -0.05) is 18.6 Å². The van der Waals surface area contributed by atoms with Crippen molar-refractivity contribution in [2.75, 3.05) is 5.32 Å². The highest BCUT2D eigenvalue weighted by molar-refractivity contribution is 5.93. The van der Waals surface area contributed by atoms with Crippen molar-refractivity contribution in [3.8, 4) is 0 Å². The smallest absolute Gasteiger partial charge is 0.230 e. The number of nitrogens with one attached hydrogen (secondary N) is 2. The predicted molar refractivity (Wildman–Crippen MR) is 73.7 cm³/mol. The molecule has 2 aromatic rings. The SMILES string of the molecule is O=C(Nc1nc2ccccc2[nH]1)[C@H]1C[C@H]2CC[C@H]1C2. The van der Waals surface area contributed by atoms with E-state index in [1.807, 2.05) is 24.3 Å². The molecule has 1 aromatic carbocycles. The number of nitrogens with zero attached hydrogens (tertiary/aromatic N) is 1. The molecule has 0 saturated heterocycles. The molecular formula is C15H17N3O. The summed E-state index contributed by atoms with van der Waals surface area (Å²) in [5.74, 6) is 2.32. The number of aromatic nitrogens is 2. The Morgan fingerprint density at radius 1 is 1.26 bits per heavy atom. The molecule has 0 spiro atoms. The summed E-state index contributed by atoms with van der Waals surface area (Å²) in [6.07, 6.45) is 4.86. The summed E-state index contributed by atoms with van der Waals surface area (Å²) >= 11 is 0. The predicted octanol–water partition coefficient (Wildman–Crippen LogP) is 2.94. The first-order valence-electron chi connectivity index (χ1n) is 7.05. The summed E-state index contributed by atoms with van der Waals surface area (Å²) in [5, 5.41) is 2.95. The van der Waals surface area contributed by atoms with E-state index in [1.54, 1.807) is 0 Å².